The molecule has 1 amide bonds. The fourth-order valence-corrected chi connectivity index (χ4v) is 3.27. The first kappa shape index (κ1) is 20.7. The molecule has 0 aliphatic rings. The van der Waals surface area contributed by atoms with Crippen molar-refractivity contribution in [3.05, 3.63) is 70.4 Å². The molecule has 29 heavy (non-hydrogen) atoms. The van der Waals surface area contributed by atoms with Gasteiger partial charge in [-0.25, -0.2) is 0 Å². The third-order valence-corrected chi connectivity index (χ3v) is 4.94. The highest BCUT2D eigenvalue weighted by molar-refractivity contribution is 6.31. The number of rotatable bonds is 6. The number of nitrogens with zero attached hydrogens (tertiary/aromatic N) is 2. The van der Waals surface area contributed by atoms with Gasteiger partial charge in [-0.05, 0) is 47.9 Å². The van der Waals surface area contributed by atoms with Gasteiger partial charge >= 0.3 is 0 Å². The quantitative estimate of drug-likeness (QED) is 0.430. The number of carbonyl (C=O) groups excluding carboxylic acids is 1. The Morgan fingerprint density at radius 2 is 1.90 bits per heavy atom. The van der Waals surface area contributed by atoms with Gasteiger partial charge in [-0.2, -0.15) is 0 Å². The predicted molar refractivity (Wildman–Crippen MR) is 120 cm³/mol. The highest BCUT2D eigenvalue weighted by Crippen LogP contribution is 2.22. The molecule has 1 heterocycles. The summed E-state index contributed by atoms with van der Waals surface area (Å²) in [5.74, 6) is 0.733. The Balaban J connectivity index is 1.50. The standard InChI is InChI=1S/C22H26ClN5O/c1-24-22(27-13-15-4-6-16(7-5-15)21(29)28(2)3)25-11-10-17-14-26-20-9-8-18(23)12-19(17)20/h4-9,12,14,26H,10-11,13H2,1-3H3,(H2,24,25,27). The van der Waals surface area contributed by atoms with Gasteiger partial charge in [-0.1, -0.05) is 23.7 Å². The van der Waals surface area contributed by atoms with Crippen molar-refractivity contribution in [2.24, 2.45) is 4.99 Å². The number of halogens is 1. The van der Waals surface area contributed by atoms with Crippen molar-refractivity contribution in [2.75, 3.05) is 27.7 Å². The van der Waals surface area contributed by atoms with Crippen LogP contribution in [0.25, 0.3) is 10.9 Å². The SMILES string of the molecule is CN=C(NCCc1c[nH]c2ccc(Cl)cc12)NCc1ccc(C(=O)N(C)C)cc1. The van der Waals surface area contributed by atoms with Crippen LogP contribution in [0.15, 0.2) is 53.7 Å². The van der Waals surface area contributed by atoms with E-state index >= 15 is 0 Å². The molecule has 0 unspecified atom stereocenters. The number of H-pyrrole nitrogens is 1. The maximum Gasteiger partial charge on any atom is 0.253 e. The predicted octanol–water partition coefficient (Wildman–Crippen LogP) is 3.43. The number of benzene rings is 2. The van der Waals surface area contributed by atoms with Gasteiger partial charge in [0.15, 0.2) is 5.96 Å². The lowest BCUT2D eigenvalue weighted by molar-refractivity contribution is 0.0827. The summed E-state index contributed by atoms with van der Waals surface area (Å²) in [7, 11) is 5.25. The lowest BCUT2D eigenvalue weighted by atomic mass is 10.1. The van der Waals surface area contributed by atoms with Crippen LogP contribution in [0, 0.1) is 0 Å². The van der Waals surface area contributed by atoms with E-state index in [0.717, 1.165) is 40.4 Å². The summed E-state index contributed by atoms with van der Waals surface area (Å²) < 4.78 is 0. The second kappa shape index (κ2) is 9.47. The van der Waals surface area contributed by atoms with E-state index in [1.54, 1.807) is 26.0 Å². The molecule has 0 saturated heterocycles. The molecule has 7 heteroatoms. The lowest BCUT2D eigenvalue weighted by Crippen LogP contribution is -2.37. The van der Waals surface area contributed by atoms with Crippen molar-refractivity contribution in [3.8, 4) is 0 Å². The van der Waals surface area contributed by atoms with E-state index in [4.69, 9.17) is 11.6 Å². The summed E-state index contributed by atoms with van der Waals surface area (Å²) in [5, 5.41) is 8.52. The van der Waals surface area contributed by atoms with Crippen LogP contribution in [0.3, 0.4) is 0 Å². The Morgan fingerprint density at radius 1 is 1.14 bits per heavy atom. The first-order valence-corrected chi connectivity index (χ1v) is 9.86. The van der Waals surface area contributed by atoms with Gasteiger partial charge in [-0.3, -0.25) is 9.79 Å². The fraction of sp³-hybridized carbons (Fsp3) is 0.273. The van der Waals surface area contributed by atoms with E-state index in [-0.39, 0.29) is 5.91 Å². The van der Waals surface area contributed by atoms with Crippen molar-refractivity contribution in [1.29, 1.82) is 0 Å². The second-order valence-electron chi connectivity index (χ2n) is 7.00. The van der Waals surface area contributed by atoms with Crippen LogP contribution < -0.4 is 10.6 Å². The maximum atomic E-state index is 12.0. The first-order valence-electron chi connectivity index (χ1n) is 9.48. The zero-order valence-corrected chi connectivity index (χ0v) is 17.7. The smallest absolute Gasteiger partial charge is 0.253 e. The summed E-state index contributed by atoms with van der Waals surface area (Å²) >= 11 is 6.12. The monoisotopic (exact) mass is 411 g/mol. The summed E-state index contributed by atoms with van der Waals surface area (Å²) in [6.07, 6.45) is 2.87. The number of hydrogen-bond donors (Lipinski definition) is 3. The first-order chi connectivity index (χ1) is 14.0. The highest BCUT2D eigenvalue weighted by Gasteiger charge is 2.08. The zero-order chi connectivity index (χ0) is 20.8. The number of nitrogens with one attached hydrogen (secondary N) is 3. The Bertz CT molecular complexity index is 1010. The van der Waals surface area contributed by atoms with Crippen LogP contribution in [0.5, 0.6) is 0 Å². The third kappa shape index (κ3) is 5.29. The highest BCUT2D eigenvalue weighted by atomic mass is 35.5. The van der Waals surface area contributed by atoms with Gasteiger partial charge in [0.2, 0.25) is 0 Å². The van der Waals surface area contributed by atoms with Gasteiger partial charge in [-0.15, -0.1) is 0 Å². The summed E-state index contributed by atoms with van der Waals surface area (Å²) in [4.78, 5) is 21.1. The van der Waals surface area contributed by atoms with Gasteiger partial charge < -0.3 is 20.5 Å². The molecule has 2 aromatic carbocycles. The van der Waals surface area contributed by atoms with Crippen LogP contribution in [-0.2, 0) is 13.0 Å². The zero-order valence-electron chi connectivity index (χ0n) is 16.9. The Kier molecular flexibility index (Phi) is 6.77. The summed E-state index contributed by atoms with van der Waals surface area (Å²) in [6, 6.07) is 13.5. The molecule has 152 valence electrons. The van der Waals surface area contributed by atoms with E-state index in [1.165, 1.54) is 5.56 Å². The molecule has 3 aromatic rings. The van der Waals surface area contributed by atoms with E-state index in [9.17, 15) is 4.79 Å². The van der Waals surface area contributed by atoms with Crippen molar-refractivity contribution >= 4 is 34.4 Å². The van der Waals surface area contributed by atoms with Crippen LogP contribution in [-0.4, -0.2) is 49.4 Å². The van der Waals surface area contributed by atoms with E-state index < -0.39 is 0 Å². The molecule has 3 rings (SSSR count). The van der Waals surface area contributed by atoms with E-state index in [2.05, 4.69) is 20.6 Å². The number of aromatic amines is 1. The number of aliphatic imine (C=N–C) groups is 1. The van der Waals surface area contributed by atoms with Gasteiger partial charge in [0.05, 0.1) is 0 Å². The number of guanidine groups is 1. The Labute approximate surface area is 176 Å². The fourth-order valence-electron chi connectivity index (χ4n) is 3.10. The molecular formula is C22H26ClN5O. The van der Waals surface area contributed by atoms with Gasteiger partial charge in [0.25, 0.3) is 5.91 Å². The van der Waals surface area contributed by atoms with Crippen molar-refractivity contribution in [2.45, 2.75) is 13.0 Å². The molecule has 0 aliphatic carbocycles. The maximum absolute atomic E-state index is 12.0. The average molecular weight is 412 g/mol. The minimum Gasteiger partial charge on any atom is -0.361 e. The molecule has 0 spiro atoms. The Hall–Kier alpha value is -2.99. The average Bonchev–Trinajstić information content (AvgIpc) is 3.12. The van der Waals surface area contributed by atoms with Crippen molar-refractivity contribution < 1.29 is 4.79 Å². The molecule has 0 saturated carbocycles. The third-order valence-electron chi connectivity index (χ3n) is 4.71. The number of hydrogen-bond acceptors (Lipinski definition) is 2. The molecule has 0 atom stereocenters. The lowest BCUT2D eigenvalue weighted by Gasteiger charge is -2.13. The second-order valence-corrected chi connectivity index (χ2v) is 7.44. The van der Waals surface area contributed by atoms with Crippen LogP contribution >= 0.6 is 11.6 Å². The van der Waals surface area contributed by atoms with Crippen molar-refractivity contribution in [1.82, 2.24) is 20.5 Å². The molecule has 0 bridgehead atoms. The molecule has 0 fully saturated rings. The normalized spacial score (nSPS) is 11.5. The number of fused-ring (bicyclic) bond motifs is 1. The number of carbonyl (C=O) groups is 1. The van der Waals surface area contributed by atoms with E-state index in [1.807, 2.05) is 48.7 Å². The van der Waals surface area contributed by atoms with E-state index in [0.29, 0.717) is 12.1 Å². The Morgan fingerprint density at radius 3 is 2.59 bits per heavy atom. The van der Waals surface area contributed by atoms with Gasteiger partial charge in [0, 0.05) is 61.9 Å². The minimum absolute atomic E-state index is 0.000513. The van der Waals surface area contributed by atoms with Crippen molar-refractivity contribution in [3.63, 3.8) is 0 Å². The van der Waals surface area contributed by atoms with Crippen LogP contribution in [0.2, 0.25) is 5.02 Å². The molecule has 1 aromatic heterocycles. The van der Waals surface area contributed by atoms with Gasteiger partial charge in [0.1, 0.15) is 0 Å². The number of amides is 1. The molecule has 3 N–H and O–H groups in total. The number of aromatic nitrogens is 1. The largest absolute Gasteiger partial charge is 0.361 e. The van der Waals surface area contributed by atoms with Crippen LogP contribution in [0.4, 0.5) is 0 Å². The molecular weight excluding hydrogens is 386 g/mol. The topological polar surface area (TPSA) is 72.5 Å². The molecule has 0 aliphatic heterocycles. The summed E-state index contributed by atoms with van der Waals surface area (Å²) in [6.45, 7) is 1.37. The van der Waals surface area contributed by atoms with Crippen LogP contribution in [0.1, 0.15) is 21.5 Å². The molecule has 6 nitrogen and oxygen atoms in total. The molecule has 0 radical (unpaired) electrons. The minimum atomic E-state index is 0.000513. The summed E-state index contributed by atoms with van der Waals surface area (Å²) in [5.41, 5.74) is 4.06.